The maximum absolute atomic E-state index is 13.8. The summed E-state index contributed by atoms with van der Waals surface area (Å²) in [6.45, 7) is 3.76. The second-order valence-corrected chi connectivity index (χ2v) is 5.63. The Morgan fingerprint density at radius 1 is 1.27 bits per heavy atom. The van der Waals surface area contributed by atoms with Crippen molar-refractivity contribution in [3.8, 4) is 11.5 Å². The van der Waals surface area contributed by atoms with E-state index in [1.54, 1.807) is 24.3 Å². The van der Waals surface area contributed by atoms with Crippen molar-refractivity contribution in [2.45, 2.75) is 25.9 Å². The van der Waals surface area contributed by atoms with E-state index in [1.165, 1.54) is 6.07 Å². The normalized spacial score (nSPS) is 17.0. The Morgan fingerprint density at radius 3 is 2.86 bits per heavy atom. The van der Waals surface area contributed by atoms with Crippen LogP contribution in [0.4, 0.5) is 10.1 Å². The highest BCUT2D eigenvalue weighted by molar-refractivity contribution is 5.62. The topological polar surface area (TPSA) is 32.7 Å². The summed E-state index contributed by atoms with van der Waals surface area (Å²) in [5.41, 5.74) is 1.65. The van der Waals surface area contributed by atoms with E-state index in [1.807, 2.05) is 12.1 Å². The average molecular weight is 301 g/mol. The van der Waals surface area contributed by atoms with Crippen molar-refractivity contribution in [3.05, 3.63) is 53.8 Å². The Balaban J connectivity index is 1.84. The SMILES string of the molecule is CCCN1CC(Cc2ccccc2F)Oc2cc(O)ccc21. The summed E-state index contributed by atoms with van der Waals surface area (Å²) in [6, 6.07) is 12.0. The van der Waals surface area contributed by atoms with Crippen LogP contribution in [0.5, 0.6) is 11.5 Å². The Bertz CT molecular complexity index is 659. The fourth-order valence-corrected chi connectivity index (χ4v) is 2.92. The average Bonchev–Trinajstić information content (AvgIpc) is 2.49. The summed E-state index contributed by atoms with van der Waals surface area (Å²) >= 11 is 0. The van der Waals surface area contributed by atoms with Crippen molar-refractivity contribution in [1.29, 1.82) is 0 Å². The smallest absolute Gasteiger partial charge is 0.146 e. The van der Waals surface area contributed by atoms with Gasteiger partial charge in [-0.1, -0.05) is 25.1 Å². The number of aromatic hydroxyl groups is 1. The molecule has 4 heteroatoms. The number of benzene rings is 2. The van der Waals surface area contributed by atoms with Crippen LogP contribution in [0.1, 0.15) is 18.9 Å². The molecule has 3 rings (SSSR count). The molecule has 3 nitrogen and oxygen atoms in total. The fourth-order valence-electron chi connectivity index (χ4n) is 2.92. The first-order valence-corrected chi connectivity index (χ1v) is 7.65. The molecule has 22 heavy (non-hydrogen) atoms. The quantitative estimate of drug-likeness (QED) is 0.933. The summed E-state index contributed by atoms with van der Waals surface area (Å²) in [5.74, 6) is 0.651. The number of rotatable bonds is 4. The molecule has 1 heterocycles. The summed E-state index contributed by atoms with van der Waals surface area (Å²) < 4.78 is 19.8. The van der Waals surface area contributed by atoms with Gasteiger partial charge in [0, 0.05) is 19.0 Å². The number of ether oxygens (including phenoxy) is 1. The molecule has 1 N–H and O–H groups in total. The van der Waals surface area contributed by atoms with Crippen LogP contribution in [0.15, 0.2) is 42.5 Å². The second kappa shape index (κ2) is 6.26. The molecule has 116 valence electrons. The van der Waals surface area contributed by atoms with E-state index in [0.717, 1.165) is 25.2 Å². The first-order valence-electron chi connectivity index (χ1n) is 7.65. The van der Waals surface area contributed by atoms with E-state index in [9.17, 15) is 9.50 Å². The monoisotopic (exact) mass is 301 g/mol. The molecule has 0 amide bonds. The highest BCUT2D eigenvalue weighted by Crippen LogP contribution is 2.36. The van der Waals surface area contributed by atoms with Gasteiger partial charge in [-0.25, -0.2) is 4.39 Å². The lowest BCUT2D eigenvalue weighted by Gasteiger charge is -2.36. The number of phenols is 1. The maximum atomic E-state index is 13.8. The zero-order valence-electron chi connectivity index (χ0n) is 12.6. The van der Waals surface area contributed by atoms with Gasteiger partial charge in [-0.3, -0.25) is 0 Å². The summed E-state index contributed by atoms with van der Waals surface area (Å²) in [6.07, 6.45) is 1.41. The van der Waals surface area contributed by atoms with E-state index in [2.05, 4.69) is 11.8 Å². The van der Waals surface area contributed by atoms with Crippen LogP contribution in [-0.2, 0) is 6.42 Å². The van der Waals surface area contributed by atoms with Crippen LogP contribution in [0.2, 0.25) is 0 Å². The molecule has 0 radical (unpaired) electrons. The van der Waals surface area contributed by atoms with Crippen molar-refractivity contribution >= 4 is 5.69 Å². The largest absolute Gasteiger partial charge is 0.508 e. The minimum absolute atomic E-state index is 0.127. The van der Waals surface area contributed by atoms with Crippen molar-refractivity contribution in [2.75, 3.05) is 18.0 Å². The van der Waals surface area contributed by atoms with E-state index in [-0.39, 0.29) is 17.7 Å². The zero-order chi connectivity index (χ0) is 15.5. The molecule has 0 aromatic heterocycles. The van der Waals surface area contributed by atoms with Crippen LogP contribution in [0.3, 0.4) is 0 Å². The molecule has 0 spiro atoms. The van der Waals surface area contributed by atoms with Crippen LogP contribution in [-0.4, -0.2) is 24.3 Å². The number of hydrogen-bond acceptors (Lipinski definition) is 3. The third-order valence-electron chi connectivity index (χ3n) is 3.90. The molecule has 1 unspecified atom stereocenters. The predicted molar refractivity (Wildman–Crippen MR) is 85.1 cm³/mol. The van der Waals surface area contributed by atoms with Crippen LogP contribution in [0.25, 0.3) is 0 Å². The molecular formula is C18H20FNO2. The Kier molecular flexibility index (Phi) is 4.18. The molecule has 2 aromatic carbocycles. The molecule has 0 fully saturated rings. The van der Waals surface area contributed by atoms with Gasteiger partial charge in [0.1, 0.15) is 23.4 Å². The van der Waals surface area contributed by atoms with E-state index < -0.39 is 0 Å². The predicted octanol–water partition coefficient (Wildman–Crippen LogP) is 3.75. The Labute approximate surface area is 130 Å². The number of fused-ring (bicyclic) bond motifs is 1. The van der Waals surface area contributed by atoms with Gasteiger partial charge in [0.2, 0.25) is 0 Å². The van der Waals surface area contributed by atoms with Gasteiger partial charge in [-0.05, 0) is 30.2 Å². The highest BCUT2D eigenvalue weighted by Gasteiger charge is 2.26. The highest BCUT2D eigenvalue weighted by atomic mass is 19.1. The molecule has 0 saturated heterocycles. The van der Waals surface area contributed by atoms with Gasteiger partial charge in [0.25, 0.3) is 0 Å². The maximum Gasteiger partial charge on any atom is 0.146 e. The van der Waals surface area contributed by atoms with Gasteiger partial charge >= 0.3 is 0 Å². The lowest BCUT2D eigenvalue weighted by Crippen LogP contribution is -2.41. The molecule has 0 aliphatic carbocycles. The Hall–Kier alpha value is -2.23. The third kappa shape index (κ3) is 3.01. The minimum Gasteiger partial charge on any atom is -0.508 e. The van der Waals surface area contributed by atoms with Gasteiger partial charge in [0.15, 0.2) is 0 Å². The standard InChI is InChI=1S/C18H20FNO2/c1-2-9-20-12-15(10-13-5-3-4-6-16(13)19)22-18-11-14(21)7-8-17(18)20/h3-8,11,15,21H,2,9-10,12H2,1H3. The van der Waals surface area contributed by atoms with Gasteiger partial charge < -0.3 is 14.7 Å². The lowest BCUT2D eigenvalue weighted by molar-refractivity contribution is 0.191. The van der Waals surface area contributed by atoms with E-state index in [4.69, 9.17) is 4.74 Å². The van der Waals surface area contributed by atoms with Crippen LogP contribution in [0, 0.1) is 5.82 Å². The summed E-state index contributed by atoms with van der Waals surface area (Å²) in [7, 11) is 0. The van der Waals surface area contributed by atoms with Gasteiger partial charge in [-0.2, -0.15) is 0 Å². The molecule has 1 aliphatic heterocycles. The summed E-state index contributed by atoms with van der Waals surface area (Å²) in [4.78, 5) is 2.24. The van der Waals surface area contributed by atoms with Crippen LogP contribution >= 0.6 is 0 Å². The first kappa shape index (κ1) is 14.7. The molecule has 1 atom stereocenters. The zero-order valence-corrected chi connectivity index (χ0v) is 12.6. The van der Waals surface area contributed by atoms with Crippen molar-refractivity contribution in [1.82, 2.24) is 0 Å². The number of anilines is 1. The van der Waals surface area contributed by atoms with Crippen molar-refractivity contribution in [3.63, 3.8) is 0 Å². The molecule has 2 aromatic rings. The number of nitrogens with zero attached hydrogens (tertiary/aromatic N) is 1. The number of halogens is 1. The lowest BCUT2D eigenvalue weighted by atomic mass is 10.0. The molecule has 0 bridgehead atoms. The minimum atomic E-state index is -0.199. The summed E-state index contributed by atoms with van der Waals surface area (Å²) in [5, 5.41) is 9.67. The first-order chi connectivity index (χ1) is 10.7. The van der Waals surface area contributed by atoms with E-state index >= 15 is 0 Å². The Morgan fingerprint density at radius 2 is 2.09 bits per heavy atom. The van der Waals surface area contributed by atoms with Crippen LogP contribution < -0.4 is 9.64 Å². The van der Waals surface area contributed by atoms with Crippen molar-refractivity contribution < 1.29 is 14.2 Å². The second-order valence-electron chi connectivity index (χ2n) is 5.63. The molecule has 0 saturated carbocycles. The number of phenolic OH excluding ortho intramolecular Hbond substituents is 1. The van der Waals surface area contributed by atoms with Gasteiger partial charge in [-0.15, -0.1) is 0 Å². The number of hydrogen-bond donors (Lipinski definition) is 1. The molecular weight excluding hydrogens is 281 g/mol. The fraction of sp³-hybridized carbons (Fsp3) is 0.333. The van der Waals surface area contributed by atoms with Gasteiger partial charge in [0.05, 0.1) is 12.2 Å². The third-order valence-corrected chi connectivity index (χ3v) is 3.90. The van der Waals surface area contributed by atoms with Crippen molar-refractivity contribution in [2.24, 2.45) is 0 Å². The molecule has 1 aliphatic rings. The van der Waals surface area contributed by atoms with E-state index in [0.29, 0.717) is 17.7 Å².